The van der Waals surface area contributed by atoms with Gasteiger partial charge in [-0.05, 0) is 58.8 Å². The van der Waals surface area contributed by atoms with E-state index >= 15 is 0 Å². The first kappa shape index (κ1) is 16.5. The van der Waals surface area contributed by atoms with Gasteiger partial charge in [0.05, 0.1) is 16.4 Å². The summed E-state index contributed by atoms with van der Waals surface area (Å²) in [5, 5.41) is 8.02. The second-order valence-corrected chi connectivity index (χ2v) is 5.78. The van der Waals surface area contributed by atoms with Crippen LogP contribution in [-0.4, -0.2) is 28.5 Å². The molecule has 116 valence electrons. The smallest absolute Gasteiger partial charge is 0.292 e. The maximum Gasteiger partial charge on any atom is 0.292 e. The average molecular weight is 412 g/mol. The van der Waals surface area contributed by atoms with Crippen LogP contribution >= 0.6 is 22.6 Å². The zero-order valence-corrected chi connectivity index (χ0v) is 14.6. The molecule has 7 heteroatoms. The highest BCUT2D eigenvalue weighted by Crippen LogP contribution is 2.11. The second-order valence-electron chi connectivity index (χ2n) is 4.62. The van der Waals surface area contributed by atoms with E-state index in [1.807, 2.05) is 24.3 Å². The average Bonchev–Trinajstić information content (AvgIpc) is 2.85. The highest BCUT2D eigenvalue weighted by molar-refractivity contribution is 14.1. The van der Waals surface area contributed by atoms with E-state index in [-0.39, 0.29) is 5.91 Å². The highest BCUT2D eigenvalue weighted by Gasteiger charge is 2.13. The first-order valence-corrected chi connectivity index (χ1v) is 7.93. The minimum atomic E-state index is -0.329. The molecule has 1 N–H and O–H groups in total. The van der Waals surface area contributed by atoms with E-state index in [0.717, 1.165) is 21.3 Å². The van der Waals surface area contributed by atoms with Gasteiger partial charge < -0.3 is 4.74 Å². The van der Waals surface area contributed by atoms with Crippen molar-refractivity contribution in [1.82, 2.24) is 15.2 Å². The van der Waals surface area contributed by atoms with Crippen LogP contribution < -0.4 is 10.2 Å². The molecule has 2 aromatic rings. The quantitative estimate of drug-likeness (QED) is 0.451. The Bertz CT molecular complexity index is 665. The minimum Gasteiger partial charge on any atom is -0.494 e. The molecule has 0 aliphatic rings. The number of benzene rings is 1. The maximum atomic E-state index is 11.9. The Balaban J connectivity index is 1.92. The molecule has 0 fully saturated rings. The standard InChI is InChI=1S/C15H17IN4O2/c1-3-8-22-12-6-4-11(5-7-12)9-17-18-15(21)14-13(16)10-20(2)19-14/h4-7,9-10H,3,8H2,1-2H3,(H,18,21)/b17-9-. The van der Waals surface area contributed by atoms with Crippen molar-refractivity contribution in [2.24, 2.45) is 12.1 Å². The molecule has 0 radical (unpaired) electrons. The summed E-state index contributed by atoms with van der Waals surface area (Å²) in [5.74, 6) is 0.496. The largest absolute Gasteiger partial charge is 0.494 e. The number of nitrogens with zero attached hydrogens (tertiary/aromatic N) is 3. The number of rotatable bonds is 6. The van der Waals surface area contributed by atoms with Gasteiger partial charge in [0.15, 0.2) is 5.69 Å². The Hall–Kier alpha value is -1.90. The first-order valence-electron chi connectivity index (χ1n) is 6.85. The number of aryl methyl sites for hydroxylation is 1. The molecule has 1 amide bonds. The third-order valence-electron chi connectivity index (χ3n) is 2.73. The minimum absolute atomic E-state index is 0.329. The maximum absolute atomic E-state index is 11.9. The molecule has 1 aromatic carbocycles. The van der Waals surface area contributed by atoms with Gasteiger partial charge in [-0.2, -0.15) is 10.2 Å². The molecule has 0 spiro atoms. The predicted molar refractivity (Wildman–Crippen MR) is 93.2 cm³/mol. The van der Waals surface area contributed by atoms with Gasteiger partial charge in [-0.25, -0.2) is 5.43 Å². The Morgan fingerprint density at radius 1 is 1.45 bits per heavy atom. The summed E-state index contributed by atoms with van der Waals surface area (Å²) in [6.07, 6.45) is 4.33. The van der Waals surface area contributed by atoms with E-state index in [2.05, 4.69) is 45.1 Å². The molecule has 6 nitrogen and oxygen atoms in total. The van der Waals surface area contributed by atoms with E-state index in [1.54, 1.807) is 24.1 Å². The van der Waals surface area contributed by atoms with Crippen LogP contribution in [0.15, 0.2) is 35.6 Å². The van der Waals surface area contributed by atoms with Crippen molar-refractivity contribution in [1.29, 1.82) is 0 Å². The van der Waals surface area contributed by atoms with Crippen LogP contribution in [0.25, 0.3) is 0 Å². The van der Waals surface area contributed by atoms with Crippen LogP contribution in [0, 0.1) is 3.57 Å². The van der Waals surface area contributed by atoms with Gasteiger partial charge in [-0.3, -0.25) is 9.48 Å². The SMILES string of the molecule is CCCOc1ccc(/C=N\NC(=O)c2nn(C)cc2I)cc1. The summed E-state index contributed by atoms with van der Waals surface area (Å²) >= 11 is 2.06. The molecule has 1 aromatic heterocycles. The van der Waals surface area contributed by atoms with E-state index in [4.69, 9.17) is 4.74 Å². The summed E-state index contributed by atoms with van der Waals surface area (Å²) in [6, 6.07) is 7.51. The molecule has 2 rings (SSSR count). The van der Waals surface area contributed by atoms with Gasteiger partial charge in [0.1, 0.15) is 5.75 Å². The van der Waals surface area contributed by atoms with Gasteiger partial charge in [0, 0.05) is 13.2 Å². The van der Waals surface area contributed by atoms with Gasteiger partial charge in [-0.15, -0.1) is 0 Å². The molecule has 1 heterocycles. The number of halogens is 1. The molecular weight excluding hydrogens is 395 g/mol. The Morgan fingerprint density at radius 2 is 2.18 bits per heavy atom. The Kier molecular flexibility index (Phi) is 5.93. The van der Waals surface area contributed by atoms with Crippen molar-refractivity contribution in [3.05, 3.63) is 45.3 Å². The van der Waals surface area contributed by atoms with Crippen molar-refractivity contribution >= 4 is 34.7 Å². The van der Waals surface area contributed by atoms with Gasteiger partial charge in [-0.1, -0.05) is 6.92 Å². The molecule has 0 atom stereocenters. The van der Waals surface area contributed by atoms with Crippen molar-refractivity contribution in [2.75, 3.05) is 6.61 Å². The summed E-state index contributed by atoms with van der Waals surface area (Å²) in [5.41, 5.74) is 3.71. The number of carbonyl (C=O) groups is 1. The van der Waals surface area contributed by atoms with Crippen LogP contribution in [0.1, 0.15) is 29.4 Å². The predicted octanol–water partition coefficient (Wildman–Crippen LogP) is 2.58. The van der Waals surface area contributed by atoms with Crippen LogP contribution in [0.5, 0.6) is 5.75 Å². The van der Waals surface area contributed by atoms with Crippen LogP contribution in [0.3, 0.4) is 0 Å². The lowest BCUT2D eigenvalue weighted by atomic mass is 10.2. The number of amides is 1. The molecule has 22 heavy (non-hydrogen) atoms. The van der Waals surface area contributed by atoms with E-state index in [9.17, 15) is 4.79 Å². The fraction of sp³-hybridized carbons (Fsp3) is 0.267. The fourth-order valence-corrected chi connectivity index (χ4v) is 2.46. The number of hydrogen-bond acceptors (Lipinski definition) is 4. The molecule has 0 unspecified atom stereocenters. The third-order valence-corrected chi connectivity index (χ3v) is 3.52. The van der Waals surface area contributed by atoms with Crippen molar-refractivity contribution in [3.8, 4) is 5.75 Å². The normalized spacial score (nSPS) is 10.9. The van der Waals surface area contributed by atoms with Crippen LogP contribution in [-0.2, 0) is 7.05 Å². The summed E-state index contributed by atoms with van der Waals surface area (Å²) in [4.78, 5) is 11.9. The zero-order valence-electron chi connectivity index (χ0n) is 12.4. The molecular formula is C15H17IN4O2. The van der Waals surface area contributed by atoms with Crippen LogP contribution in [0.4, 0.5) is 0 Å². The van der Waals surface area contributed by atoms with Crippen molar-refractivity contribution in [2.45, 2.75) is 13.3 Å². The lowest BCUT2D eigenvalue weighted by Crippen LogP contribution is -2.19. The lowest BCUT2D eigenvalue weighted by molar-refractivity contribution is 0.0948. The fourth-order valence-electron chi connectivity index (χ4n) is 1.70. The third kappa shape index (κ3) is 4.55. The number of aromatic nitrogens is 2. The molecule has 0 bridgehead atoms. The number of carbonyl (C=O) groups excluding carboxylic acids is 1. The van der Waals surface area contributed by atoms with Crippen molar-refractivity contribution in [3.63, 3.8) is 0 Å². The number of hydrazone groups is 1. The molecule has 0 saturated heterocycles. The lowest BCUT2D eigenvalue weighted by Gasteiger charge is -2.03. The highest BCUT2D eigenvalue weighted by atomic mass is 127. The Morgan fingerprint density at radius 3 is 2.77 bits per heavy atom. The summed E-state index contributed by atoms with van der Waals surface area (Å²) < 4.78 is 7.88. The number of ether oxygens (including phenoxy) is 1. The Labute approximate surface area is 142 Å². The van der Waals surface area contributed by atoms with E-state index in [1.165, 1.54) is 0 Å². The van der Waals surface area contributed by atoms with Crippen LogP contribution in [0.2, 0.25) is 0 Å². The second kappa shape index (κ2) is 7.92. The first-order chi connectivity index (χ1) is 10.6. The molecule has 0 aliphatic carbocycles. The van der Waals surface area contributed by atoms with E-state index < -0.39 is 0 Å². The molecule has 0 saturated carbocycles. The zero-order chi connectivity index (χ0) is 15.9. The van der Waals surface area contributed by atoms with Crippen molar-refractivity contribution < 1.29 is 9.53 Å². The topological polar surface area (TPSA) is 68.5 Å². The monoisotopic (exact) mass is 412 g/mol. The number of nitrogens with one attached hydrogen (secondary N) is 1. The van der Waals surface area contributed by atoms with Gasteiger partial charge in [0.2, 0.25) is 0 Å². The molecule has 0 aliphatic heterocycles. The van der Waals surface area contributed by atoms with Gasteiger partial charge >= 0.3 is 0 Å². The number of hydrogen-bond donors (Lipinski definition) is 1. The summed E-state index contributed by atoms with van der Waals surface area (Å²) in [7, 11) is 1.77. The van der Waals surface area contributed by atoms with E-state index in [0.29, 0.717) is 12.3 Å². The summed E-state index contributed by atoms with van der Waals surface area (Å²) in [6.45, 7) is 2.76. The van der Waals surface area contributed by atoms with Gasteiger partial charge in [0.25, 0.3) is 5.91 Å².